The van der Waals surface area contributed by atoms with E-state index in [2.05, 4.69) is 6.92 Å². The van der Waals surface area contributed by atoms with Crippen molar-refractivity contribution in [3.8, 4) is 0 Å². The quantitative estimate of drug-likeness (QED) is 0.554. The van der Waals surface area contributed by atoms with Gasteiger partial charge in [-0.3, -0.25) is 0 Å². The predicted molar refractivity (Wildman–Crippen MR) is 63.5 cm³/mol. The lowest BCUT2D eigenvalue weighted by Gasteiger charge is -2.15. The Morgan fingerprint density at radius 2 is 1.80 bits per heavy atom. The van der Waals surface area contributed by atoms with Crippen LogP contribution in [0.15, 0.2) is 30.3 Å². The van der Waals surface area contributed by atoms with E-state index in [0.717, 1.165) is 31.2 Å². The van der Waals surface area contributed by atoms with Crippen LogP contribution in [0.25, 0.3) is 0 Å². The molecule has 0 aromatic heterocycles. The fourth-order valence-corrected chi connectivity index (χ4v) is 1.80. The molecule has 15 heavy (non-hydrogen) atoms. The van der Waals surface area contributed by atoms with Crippen molar-refractivity contribution in [2.45, 2.75) is 38.4 Å². The van der Waals surface area contributed by atoms with Gasteiger partial charge in [-0.25, -0.2) is 0 Å². The summed E-state index contributed by atoms with van der Waals surface area (Å²) < 4.78 is 0. The van der Waals surface area contributed by atoms with Crippen LogP contribution in [0.5, 0.6) is 0 Å². The second-order valence-electron chi connectivity index (χ2n) is 3.93. The van der Waals surface area contributed by atoms with E-state index >= 15 is 0 Å². The molecule has 0 aliphatic heterocycles. The summed E-state index contributed by atoms with van der Waals surface area (Å²) in [6.07, 6.45) is 4.20. The Hall–Kier alpha value is -0.795. The lowest BCUT2D eigenvalue weighted by molar-refractivity contribution is 0.380. The fourth-order valence-electron chi connectivity index (χ4n) is 1.80. The molecular formula is C12H19BO2. The van der Waals surface area contributed by atoms with Gasteiger partial charge in [-0.1, -0.05) is 56.5 Å². The minimum absolute atomic E-state index is 0.141. The van der Waals surface area contributed by atoms with Crippen LogP contribution in [0.2, 0.25) is 0 Å². The molecule has 0 fully saturated rings. The van der Waals surface area contributed by atoms with Crippen molar-refractivity contribution < 1.29 is 10.0 Å². The Labute approximate surface area is 92.1 Å². The molecule has 0 saturated heterocycles. The van der Waals surface area contributed by atoms with Gasteiger partial charge in [0.1, 0.15) is 0 Å². The van der Waals surface area contributed by atoms with Gasteiger partial charge in [0.15, 0.2) is 0 Å². The van der Waals surface area contributed by atoms with E-state index in [1.54, 1.807) is 0 Å². The van der Waals surface area contributed by atoms with Crippen molar-refractivity contribution in [3.63, 3.8) is 0 Å². The van der Waals surface area contributed by atoms with Crippen LogP contribution in [-0.4, -0.2) is 17.2 Å². The van der Waals surface area contributed by atoms with E-state index in [1.807, 2.05) is 30.3 Å². The summed E-state index contributed by atoms with van der Waals surface area (Å²) in [6, 6.07) is 9.72. The fraction of sp³-hybridized carbons (Fsp3) is 0.500. The Morgan fingerprint density at radius 3 is 2.33 bits per heavy atom. The monoisotopic (exact) mass is 206 g/mol. The predicted octanol–water partition coefficient (Wildman–Crippen LogP) is 2.36. The van der Waals surface area contributed by atoms with Gasteiger partial charge < -0.3 is 10.0 Å². The smallest absolute Gasteiger partial charge is 0.427 e. The van der Waals surface area contributed by atoms with Crippen LogP contribution >= 0.6 is 0 Å². The second-order valence-corrected chi connectivity index (χ2v) is 3.93. The molecule has 0 saturated carbocycles. The number of hydrogen-bond donors (Lipinski definition) is 2. The molecule has 1 aromatic rings. The SMILES string of the molecule is CCCCCC(B(O)O)c1ccccc1. The number of hydrogen-bond acceptors (Lipinski definition) is 2. The standard InChI is InChI=1S/C12H19BO2/c1-2-3-5-10-12(13(14)15)11-8-6-4-7-9-11/h4,6-9,12,14-15H,2-3,5,10H2,1H3. The number of benzene rings is 1. The number of unbranched alkanes of at least 4 members (excludes halogenated alkanes) is 2. The summed E-state index contributed by atoms with van der Waals surface area (Å²) in [5, 5.41) is 18.6. The molecule has 1 atom stereocenters. The van der Waals surface area contributed by atoms with E-state index in [9.17, 15) is 10.0 Å². The third-order valence-electron chi connectivity index (χ3n) is 2.71. The molecule has 0 amide bonds. The first-order valence-electron chi connectivity index (χ1n) is 5.66. The average molecular weight is 206 g/mol. The Kier molecular flexibility index (Phi) is 5.44. The van der Waals surface area contributed by atoms with E-state index < -0.39 is 7.12 Å². The van der Waals surface area contributed by atoms with E-state index in [1.165, 1.54) is 0 Å². The summed E-state index contributed by atoms with van der Waals surface area (Å²) in [5.41, 5.74) is 1.02. The molecule has 0 bridgehead atoms. The Balaban J connectivity index is 2.58. The van der Waals surface area contributed by atoms with Crippen LogP contribution in [0.4, 0.5) is 0 Å². The van der Waals surface area contributed by atoms with Crippen LogP contribution in [0, 0.1) is 0 Å². The first-order chi connectivity index (χ1) is 7.25. The van der Waals surface area contributed by atoms with Crippen molar-refractivity contribution in [2.24, 2.45) is 0 Å². The van der Waals surface area contributed by atoms with Gasteiger partial charge in [0, 0.05) is 5.82 Å². The van der Waals surface area contributed by atoms with E-state index in [-0.39, 0.29) is 5.82 Å². The molecule has 1 unspecified atom stereocenters. The van der Waals surface area contributed by atoms with Crippen LogP contribution in [-0.2, 0) is 0 Å². The molecular weight excluding hydrogens is 187 g/mol. The van der Waals surface area contributed by atoms with Crippen molar-refractivity contribution in [2.75, 3.05) is 0 Å². The zero-order chi connectivity index (χ0) is 11.1. The van der Waals surface area contributed by atoms with Gasteiger partial charge in [0.05, 0.1) is 0 Å². The highest BCUT2D eigenvalue weighted by Crippen LogP contribution is 2.23. The summed E-state index contributed by atoms with van der Waals surface area (Å²) in [5.74, 6) is -0.141. The molecule has 0 heterocycles. The third-order valence-corrected chi connectivity index (χ3v) is 2.71. The van der Waals surface area contributed by atoms with Crippen molar-refractivity contribution >= 4 is 7.12 Å². The normalized spacial score (nSPS) is 12.5. The summed E-state index contributed by atoms with van der Waals surface area (Å²) >= 11 is 0. The maximum Gasteiger partial charge on any atom is 0.459 e. The molecule has 0 spiro atoms. The minimum Gasteiger partial charge on any atom is -0.427 e. The molecule has 0 radical (unpaired) electrons. The van der Waals surface area contributed by atoms with Crippen molar-refractivity contribution in [3.05, 3.63) is 35.9 Å². The summed E-state index contributed by atoms with van der Waals surface area (Å²) in [7, 11) is -1.25. The molecule has 3 heteroatoms. The van der Waals surface area contributed by atoms with Crippen LogP contribution in [0.1, 0.15) is 44.0 Å². The average Bonchev–Trinajstić information content (AvgIpc) is 2.25. The molecule has 0 aliphatic carbocycles. The zero-order valence-electron chi connectivity index (χ0n) is 9.26. The van der Waals surface area contributed by atoms with Gasteiger partial charge in [-0.15, -0.1) is 0 Å². The molecule has 1 rings (SSSR count). The highest BCUT2D eigenvalue weighted by molar-refractivity contribution is 6.43. The van der Waals surface area contributed by atoms with Crippen molar-refractivity contribution in [1.29, 1.82) is 0 Å². The first kappa shape index (κ1) is 12.3. The van der Waals surface area contributed by atoms with Gasteiger partial charge >= 0.3 is 7.12 Å². The summed E-state index contributed by atoms with van der Waals surface area (Å²) in [6.45, 7) is 2.15. The molecule has 2 nitrogen and oxygen atoms in total. The van der Waals surface area contributed by atoms with Crippen LogP contribution < -0.4 is 0 Å². The molecule has 0 aliphatic rings. The maximum absolute atomic E-state index is 9.32. The van der Waals surface area contributed by atoms with Crippen LogP contribution in [0.3, 0.4) is 0 Å². The number of rotatable bonds is 6. The lowest BCUT2D eigenvalue weighted by atomic mass is 9.66. The van der Waals surface area contributed by atoms with Gasteiger partial charge in [0.25, 0.3) is 0 Å². The largest absolute Gasteiger partial charge is 0.459 e. The molecule has 82 valence electrons. The maximum atomic E-state index is 9.32. The van der Waals surface area contributed by atoms with Crippen molar-refractivity contribution in [1.82, 2.24) is 0 Å². The zero-order valence-corrected chi connectivity index (χ0v) is 9.26. The summed E-state index contributed by atoms with van der Waals surface area (Å²) in [4.78, 5) is 0. The molecule has 2 N–H and O–H groups in total. The van der Waals surface area contributed by atoms with Gasteiger partial charge in [-0.05, 0) is 12.0 Å². The van der Waals surface area contributed by atoms with Gasteiger partial charge in [0.2, 0.25) is 0 Å². The topological polar surface area (TPSA) is 40.5 Å². The first-order valence-corrected chi connectivity index (χ1v) is 5.66. The minimum atomic E-state index is -1.25. The van der Waals surface area contributed by atoms with E-state index in [0.29, 0.717) is 0 Å². The molecule has 1 aromatic carbocycles. The Morgan fingerprint density at radius 1 is 1.13 bits per heavy atom. The second kappa shape index (κ2) is 6.65. The third kappa shape index (κ3) is 4.06. The highest BCUT2D eigenvalue weighted by Gasteiger charge is 2.23. The van der Waals surface area contributed by atoms with Gasteiger partial charge in [-0.2, -0.15) is 0 Å². The lowest BCUT2D eigenvalue weighted by Crippen LogP contribution is -2.23. The van der Waals surface area contributed by atoms with E-state index in [4.69, 9.17) is 0 Å². The Bertz CT molecular complexity index is 262. The highest BCUT2D eigenvalue weighted by atomic mass is 16.4.